The van der Waals surface area contributed by atoms with Gasteiger partial charge in [0.1, 0.15) is 16.5 Å². The third-order valence-electron chi connectivity index (χ3n) is 2.65. The van der Waals surface area contributed by atoms with Crippen LogP contribution in [-0.2, 0) is 11.8 Å². The molecule has 0 fully saturated rings. The van der Waals surface area contributed by atoms with Crippen LogP contribution in [-0.4, -0.2) is 15.8 Å². The van der Waals surface area contributed by atoms with Gasteiger partial charge in [0.15, 0.2) is 5.78 Å². The molecule has 0 saturated carbocycles. The number of ketones is 1. The maximum absolute atomic E-state index is 12.7. The van der Waals surface area contributed by atoms with Gasteiger partial charge in [0.05, 0.1) is 18.3 Å². The average molecular weight is 278 g/mol. The van der Waals surface area contributed by atoms with Gasteiger partial charge < -0.3 is 0 Å². The van der Waals surface area contributed by atoms with Gasteiger partial charge in [-0.3, -0.25) is 9.78 Å². The fourth-order valence-corrected chi connectivity index (χ4v) is 2.52. The predicted octanol–water partition coefficient (Wildman–Crippen LogP) is 3.40. The van der Waals surface area contributed by atoms with E-state index in [-0.39, 0.29) is 23.3 Å². The number of nitrogens with zero attached hydrogens (tertiary/aromatic N) is 2. The molecule has 0 spiro atoms. The van der Waals surface area contributed by atoms with Gasteiger partial charge >= 0.3 is 0 Å². The highest BCUT2D eigenvalue weighted by Crippen LogP contribution is 2.24. The number of halogens is 1. The number of carbonyl (C=O) groups excluding carboxylic acids is 1. The molecule has 3 nitrogen and oxygen atoms in total. The highest BCUT2D eigenvalue weighted by Gasteiger charge is 2.19. The molecule has 0 aliphatic rings. The quantitative estimate of drug-likeness (QED) is 0.808. The molecule has 0 amide bonds. The Balaban J connectivity index is 2.11. The summed E-state index contributed by atoms with van der Waals surface area (Å²) in [5.41, 5.74) is 1.23. The SMILES string of the molecule is CC(C)(C)c1csc(CC(=O)c2ccc(F)cn2)n1. The molecule has 0 atom stereocenters. The number of carbonyl (C=O) groups is 1. The van der Waals surface area contributed by atoms with Gasteiger partial charge in [0, 0.05) is 10.8 Å². The summed E-state index contributed by atoms with van der Waals surface area (Å²) in [6.45, 7) is 6.24. The second kappa shape index (κ2) is 5.17. The minimum atomic E-state index is -0.444. The molecule has 0 aromatic carbocycles. The first-order chi connectivity index (χ1) is 8.86. The Kier molecular flexibility index (Phi) is 3.75. The van der Waals surface area contributed by atoms with E-state index in [0.29, 0.717) is 0 Å². The third kappa shape index (κ3) is 3.44. The van der Waals surface area contributed by atoms with Crippen LogP contribution < -0.4 is 0 Å². The Morgan fingerprint density at radius 1 is 1.37 bits per heavy atom. The number of thiazole rings is 1. The number of hydrogen-bond donors (Lipinski definition) is 0. The highest BCUT2D eigenvalue weighted by molar-refractivity contribution is 7.09. The largest absolute Gasteiger partial charge is 0.292 e. The minimum absolute atomic E-state index is 0.0219. The molecule has 0 radical (unpaired) electrons. The third-order valence-corrected chi connectivity index (χ3v) is 3.49. The zero-order valence-electron chi connectivity index (χ0n) is 11.1. The average Bonchev–Trinajstić information content (AvgIpc) is 2.78. The van der Waals surface area contributed by atoms with E-state index in [2.05, 4.69) is 30.7 Å². The lowest BCUT2D eigenvalue weighted by Gasteiger charge is -2.14. The van der Waals surface area contributed by atoms with Crippen molar-refractivity contribution in [3.8, 4) is 0 Å². The Bertz CT molecular complexity index is 584. The first-order valence-electron chi connectivity index (χ1n) is 5.96. The second-order valence-electron chi connectivity index (χ2n) is 5.34. The van der Waals surface area contributed by atoms with E-state index in [0.717, 1.165) is 16.9 Å². The van der Waals surface area contributed by atoms with Gasteiger partial charge in [-0.15, -0.1) is 11.3 Å². The van der Waals surface area contributed by atoms with Crippen molar-refractivity contribution in [2.45, 2.75) is 32.6 Å². The van der Waals surface area contributed by atoms with E-state index >= 15 is 0 Å². The smallest absolute Gasteiger partial charge is 0.187 e. The van der Waals surface area contributed by atoms with Gasteiger partial charge in [-0.1, -0.05) is 20.8 Å². The van der Waals surface area contributed by atoms with Gasteiger partial charge in [-0.25, -0.2) is 9.37 Å². The molecular formula is C14H15FN2OS. The van der Waals surface area contributed by atoms with Crippen LogP contribution in [0, 0.1) is 5.82 Å². The van der Waals surface area contributed by atoms with Crippen LogP contribution in [0.2, 0.25) is 0 Å². The summed E-state index contributed by atoms with van der Waals surface area (Å²) < 4.78 is 12.7. The second-order valence-corrected chi connectivity index (χ2v) is 6.28. The summed E-state index contributed by atoms with van der Waals surface area (Å²) in [5, 5.41) is 2.74. The molecular weight excluding hydrogens is 263 g/mol. The van der Waals surface area contributed by atoms with Gasteiger partial charge in [0.25, 0.3) is 0 Å². The summed E-state index contributed by atoms with van der Waals surface area (Å²) >= 11 is 1.47. The first-order valence-corrected chi connectivity index (χ1v) is 6.84. The summed E-state index contributed by atoms with van der Waals surface area (Å²) in [5.74, 6) is -0.587. The monoisotopic (exact) mass is 278 g/mol. The first kappa shape index (κ1) is 13.8. The van der Waals surface area contributed by atoms with Crippen molar-refractivity contribution in [1.82, 2.24) is 9.97 Å². The zero-order chi connectivity index (χ0) is 14.0. The number of Topliss-reactive ketones (excluding diaryl/α,β-unsaturated/α-hetero) is 1. The van der Waals surface area contributed by atoms with Crippen LogP contribution in [0.4, 0.5) is 4.39 Å². The fourth-order valence-electron chi connectivity index (χ4n) is 1.51. The van der Waals surface area contributed by atoms with Gasteiger partial charge in [0.2, 0.25) is 0 Å². The highest BCUT2D eigenvalue weighted by atomic mass is 32.1. The molecule has 0 saturated heterocycles. The molecule has 0 unspecified atom stereocenters. The standard InChI is InChI=1S/C14H15FN2OS/c1-14(2,3)12-8-19-13(17-12)6-11(18)10-5-4-9(15)7-16-10/h4-5,7-8H,6H2,1-3H3. The molecule has 2 heterocycles. The van der Waals surface area contributed by atoms with Crippen molar-refractivity contribution in [1.29, 1.82) is 0 Å². The van der Waals surface area contributed by atoms with E-state index in [1.54, 1.807) is 0 Å². The van der Waals surface area contributed by atoms with Crippen LogP contribution in [0.25, 0.3) is 0 Å². The van der Waals surface area contributed by atoms with Crippen LogP contribution in [0.5, 0.6) is 0 Å². The molecule has 0 aliphatic carbocycles. The van der Waals surface area contributed by atoms with E-state index < -0.39 is 5.82 Å². The van der Waals surface area contributed by atoms with Crippen LogP contribution in [0.15, 0.2) is 23.7 Å². The number of rotatable bonds is 3. The summed E-state index contributed by atoms with van der Waals surface area (Å²) in [4.78, 5) is 20.2. The van der Waals surface area contributed by atoms with Crippen molar-refractivity contribution in [2.75, 3.05) is 0 Å². The maximum atomic E-state index is 12.7. The topological polar surface area (TPSA) is 42.9 Å². The lowest BCUT2D eigenvalue weighted by molar-refractivity contribution is 0.0988. The van der Waals surface area contributed by atoms with Crippen LogP contribution >= 0.6 is 11.3 Å². The Labute approximate surface area is 115 Å². The molecule has 2 aromatic rings. The molecule has 0 bridgehead atoms. The van der Waals surface area contributed by atoms with Crippen LogP contribution in [0.1, 0.15) is 42.0 Å². The molecule has 2 aromatic heterocycles. The van der Waals surface area contributed by atoms with Crippen molar-refractivity contribution < 1.29 is 9.18 Å². The zero-order valence-corrected chi connectivity index (χ0v) is 11.9. The number of hydrogen-bond acceptors (Lipinski definition) is 4. The predicted molar refractivity (Wildman–Crippen MR) is 73.0 cm³/mol. The summed E-state index contributed by atoms with van der Waals surface area (Å²) in [6, 6.07) is 2.64. The van der Waals surface area contributed by atoms with E-state index in [1.165, 1.54) is 23.5 Å². The van der Waals surface area contributed by atoms with Gasteiger partial charge in [-0.05, 0) is 12.1 Å². The number of pyridine rings is 1. The van der Waals surface area contributed by atoms with Crippen molar-refractivity contribution in [3.63, 3.8) is 0 Å². The molecule has 0 aliphatic heterocycles. The van der Waals surface area contributed by atoms with E-state index in [9.17, 15) is 9.18 Å². The van der Waals surface area contributed by atoms with E-state index in [1.807, 2.05) is 5.38 Å². The van der Waals surface area contributed by atoms with Crippen LogP contribution in [0.3, 0.4) is 0 Å². The Morgan fingerprint density at radius 2 is 2.11 bits per heavy atom. The van der Waals surface area contributed by atoms with E-state index in [4.69, 9.17) is 0 Å². The maximum Gasteiger partial charge on any atom is 0.187 e. The molecule has 0 N–H and O–H groups in total. The van der Waals surface area contributed by atoms with Gasteiger partial charge in [-0.2, -0.15) is 0 Å². The molecule has 100 valence electrons. The minimum Gasteiger partial charge on any atom is -0.292 e. The lowest BCUT2D eigenvalue weighted by atomic mass is 9.93. The Morgan fingerprint density at radius 3 is 2.63 bits per heavy atom. The van der Waals surface area contributed by atoms with Crippen molar-refractivity contribution >= 4 is 17.1 Å². The molecule has 19 heavy (non-hydrogen) atoms. The normalized spacial score (nSPS) is 11.6. The lowest BCUT2D eigenvalue weighted by Crippen LogP contribution is -2.12. The number of aromatic nitrogens is 2. The summed E-state index contributed by atoms with van der Waals surface area (Å²) in [6.07, 6.45) is 1.26. The fraction of sp³-hybridized carbons (Fsp3) is 0.357. The molecule has 5 heteroatoms. The Hall–Kier alpha value is -1.62. The van der Waals surface area contributed by atoms with Crippen molar-refractivity contribution in [2.24, 2.45) is 0 Å². The summed E-state index contributed by atoms with van der Waals surface area (Å²) in [7, 11) is 0. The van der Waals surface area contributed by atoms with Crippen molar-refractivity contribution in [3.05, 3.63) is 45.9 Å². The molecule has 2 rings (SSSR count).